The Morgan fingerprint density at radius 2 is 0.930 bits per heavy atom. The van der Waals surface area contributed by atoms with Crippen LogP contribution in [0.25, 0.3) is 0 Å². The predicted molar refractivity (Wildman–Crippen MR) is 238 cm³/mol. The number of esters is 2. The Hall–Kier alpha value is -2.12. The highest BCUT2D eigenvalue weighted by molar-refractivity contribution is 6.00. The summed E-state index contributed by atoms with van der Waals surface area (Å²) in [5.74, 6) is -0.631. The summed E-state index contributed by atoms with van der Waals surface area (Å²) in [4.78, 5) is 35.5. The van der Waals surface area contributed by atoms with Gasteiger partial charge in [0.05, 0.1) is 0 Å². The van der Waals surface area contributed by atoms with Crippen LogP contribution < -0.4 is 0 Å². The van der Waals surface area contributed by atoms with Gasteiger partial charge in [0.25, 0.3) is 0 Å². The van der Waals surface area contributed by atoms with Crippen LogP contribution in [0.5, 0.6) is 5.75 Å². The fourth-order valence-corrected chi connectivity index (χ4v) is 9.98. The smallest absolute Gasteiger partial charge is 0.324 e. The quantitative estimate of drug-likeness (QED) is 0.0955. The lowest BCUT2D eigenvalue weighted by atomic mass is 9.73. The molecule has 0 spiro atoms. The molecule has 1 N–H and O–H groups in total. The summed E-state index contributed by atoms with van der Waals surface area (Å²) in [5.41, 5.74) is -0.568. The first kappa shape index (κ1) is 49.2. The molecule has 2 aliphatic rings. The second-order valence-electron chi connectivity index (χ2n) is 23.0. The van der Waals surface area contributed by atoms with Crippen molar-refractivity contribution < 1.29 is 24.2 Å². The van der Waals surface area contributed by atoms with Crippen LogP contribution in [0, 0.1) is 5.41 Å². The summed E-state index contributed by atoms with van der Waals surface area (Å²) in [6, 6.07) is 4.06. The number of carbonyl (C=O) groups excluding carboxylic acids is 2. The van der Waals surface area contributed by atoms with Gasteiger partial charge in [0.2, 0.25) is 0 Å². The van der Waals surface area contributed by atoms with Gasteiger partial charge in [0, 0.05) is 47.8 Å². The Balaban J connectivity index is 2.14. The fourth-order valence-electron chi connectivity index (χ4n) is 9.98. The molecule has 0 amide bonds. The van der Waals surface area contributed by atoms with Crippen LogP contribution in [0.4, 0.5) is 0 Å². The summed E-state index contributed by atoms with van der Waals surface area (Å²) < 4.78 is 13.4. The van der Waals surface area contributed by atoms with E-state index in [-0.39, 0.29) is 57.4 Å². The van der Waals surface area contributed by atoms with Crippen molar-refractivity contribution in [3.05, 3.63) is 28.8 Å². The third kappa shape index (κ3) is 12.5. The van der Waals surface area contributed by atoms with E-state index in [2.05, 4.69) is 128 Å². The number of phenols is 1. The fraction of sp³-hybridized carbons (Fsp3) is 0.840. The van der Waals surface area contributed by atoms with Crippen molar-refractivity contribution in [2.24, 2.45) is 5.41 Å². The molecule has 328 valence electrons. The Morgan fingerprint density at radius 3 is 1.25 bits per heavy atom. The number of carbonyl (C=O) groups is 2. The van der Waals surface area contributed by atoms with Crippen molar-refractivity contribution in [3.63, 3.8) is 0 Å². The Labute approximate surface area is 350 Å². The number of benzene rings is 1. The maximum atomic E-state index is 15.4. The minimum Gasteiger partial charge on any atom is -0.507 e. The molecule has 2 heterocycles. The van der Waals surface area contributed by atoms with Gasteiger partial charge in [0.1, 0.15) is 18.0 Å². The zero-order valence-corrected chi connectivity index (χ0v) is 40.1. The summed E-state index contributed by atoms with van der Waals surface area (Å²) in [6.45, 7) is 32.6. The monoisotopic (exact) mass is 797 g/mol. The number of aromatic hydroxyl groups is 1. The maximum Gasteiger partial charge on any atom is 0.324 e. The second kappa shape index (κ2) is 18.7. The van der Waals surface area contributed by atoms with Crippen molar-refractivity contribution in [1.29, 1.82) is 0 Å². The number of piperidine rings is 2. The molecule has 1 aromatic rings. The SMILES string of the molecule is CCCCCCCCCCCCC(Cc1cc(C(C)(C)C)c(O)c(C(C)(C)C)c1)(C(=O)OC1CC(C)(C)N(C)C(C)(C)C1)C(=O)OC1CC(C)(C)N(C)C(C)(C)C1. The van der Waals surface area contributed by atoms with E-state index in [0.717, 1.165) is 42.4 Å². The predicted octanol–water partition coefficient (Wildman–Crippen LogP) is 12.2. The molecule has 0 aromatic heterocycles. The van der Waals surface area contributed by atoms with E-state index in [1.54, 1.807) is 0 Å². The molecule has 0 unspecified atom stereocenters. The Kier molecular flexibility index (Phi) is 16.1. The Bertz CT molecular complexity index is 1370. The largest absolute Gasteiger partial charge is 0.507 e. The first-order valence-corrected chi connectivity index (χ1v) is 22.8. The van der Waals surface area contributed by atoms with Gasteiger partial charge in [-0.1, -0.05) is 125 Å². The van der Waals surface area contributed by atoms with Gasteiger partial charge in [-0.15, -0.1) is 0 Å². The second-order valence-corrected chi connectivity index (χ2v) is 23.0. The van der Waals surface area contributed by atoms with Crippen molar-refractivity contribution in [2.75, 3.05) is 14.1 Å². The van der Waals surface area contributed by atoms with E-state index in [1.807, 2.05) is 12.1 Å². The number of rotatable bonds is 17. The number of ether oxygens (including phenoxy) is 2. The molecule has 57 heavy (non-hydrogen) atoms. The van der Waals surface area contributed by atoms with Gasteiger partial charge >= 0.3 is 11.9 Å². The highest BCUT2D eigenvalue weighted by Crippen LogP contribution is 2.45. The number of phenolic OH excluding ortho intramolecular Hbond substituents is 1. The zero-order valence-electron chi connectivity index (χ0n) is 40.1. The van der Waals surface area contributed by atoms with Crippen molar-refractivity contribution >= 4 is 11.9 Å². The molecular weight excluding hydrogens is 709 g/mol. The van der Waals surface area contributed by atoms with Gasteiger partial charge in [-0.2, -0.15) is 0 Å². The summed E-state index contributed by atoms with van der Waals surface area (Å²) >= 11 is 0. The van der Waals surface area contributed by atoms with Crippen LogP contribution in [-0.4, -0.2) is 75.3 Å². The minimum absolute atomic E-state index is 0.160. The molecule has 2 aliphatic heterocycles. The molecule has 0 saturated carbocycles. The van der Waals surface area contributed by atoms with Gasteiger partial charge in [-0.25, -0.2) is 0 Å². The molecule has 7 heteroatoms. The molecule has 0 radical (unpaired) electrons. The molecule has 0 bridgehead atoms. The summed E-state index contributed by atoms with van der Waals surface area (Å²) in [6.07, 6.45) is 14.1. The zero-order chi connectivity index (χ0) is 43.4. The maximum absolute atomic E-state index is 15.4. The lowest BCUT2D eigenvalue weighted by molar-refractivity contribution is -0.188. The molecule has 2 fully saturated rings. The average molecular weight is 797 g/mol. The van der Waals surface area contributed by atoms with Crippen LogP contribution in [0.3, 0.4) is 0 Å². The molecule has 2 saturated heterocycles. The topological polar surface area (TPSA) is 79.3 Å². The van der Waals surface area contributed by atoms with Crippen molar-refractivity contribution in [1.82, 2.24) is 9.80 Å². The van der Waals surface area contributed by atoms with E-state index < -0.39 is 17.4 Å². The van der Waals surface area contributed by atoms with Gasteiger partial charge < -0.3 is 14.6 Å². The van der Waals surface area contributed by atoms with E-state index in [9.17, 15) is 5.11 Å². The van der Waals surface area contributed by atoms with Crippen LogP contribution >= 0.6 is 0 Å². The molecule has 1 aromatic carbocycles. The van der Waals surface area contributed by atoms with E-state index in [1.165, 1.54) is 38.5 Å². The van der Waals surface area contributed by atoms with E-state index in [4.69, 9.17) is 9.47 Å². The Morgan fingerprint density at radius 1 is 0.614 bits per heavy atom. The van der Waals surface area contributed by atoms with Crippen LogP contribution in [-0.2, 0) is 36.3 Å². The number of likely N-dealkylation sites (tertiary alicyclic amines) is 2. The van der Waals surface area contributed by atoms with Crippen LogP contribution in [0.15, 0.2) is 12.1 Å². The highest BCUT2D eigenvalue weighted by atomic mass is 16.6. The van der Waals surface area contributed by atoms with Gasteiger partial charge in [-0.3, -0.25) is 19.4 Å². The van der Waals surface area contributed by atoms with Gasteiger partial charge in [0.15, 0.2) is 5.41 Å². The van der Waals surface area contributed by atoms with Crippen molar-refractivity contribution in [2.45, 2.75) is 252 Å². The van der Waals surface area contributed by atoms with E-state index in [0.29, 0.717) is 32.1 Å². The minimum atomic E-state index is -1.54. The molecular formula is C50H88N2O5. The summed E-state index contributed by atoms with van der Waals surface area (Å²) in [7, 11) is 4.31. The number of unbranched alkanes of at least 4 members (excludes halogenated alkanes) is 9. The van der Waals surface area contributed by atoms with Crippen molar-refractivity contribution in [3.8, 4) is 5.75 Å². The third-order valence-corrected chi connectivity index (χ3v) is 14.1. The normalized spacial score (nSPS) is 20.7. The highest BCUT2D eigenvalue weighted by Gasteiger charge is 2.54. The molecule has 3 rings (SSSR count). The molecule has 0 atom stereocenters. The number of hydrogen-bond donors (Lipinski definition) is 1. The van der Waals surface area contributed by atoms with Gasteiger partial charge in [-0.05, 0) is 110 Å². The first-order valence-electron chi connectivity index (χ1n) is 22.8. The lowest BCUT2D eigenvalue weighted by Gasteiger charge is -2.53. The average Bonchev–Trinajstić information content (AvgIpc) is 3.05. The van der Waals surface area contributed by atoms with Crippen LogP contribution in [0.2, 0.25) is 0 Å². The molecule has 7 nitrogen and oxygen atoms in total. The van der Waals surface area contributed by atoms with E-state index >= 15 is 9.59 Å². The summed E-state index contributed by atoms with van der Waals surface area (Å²) in [5, 5.41) is 11.7. The number of nitrogens with zero attached hydrogens (tertiary/aromatic N) is 2. The first-order chi connectivity index (χ1) is 26.0. The molecule has 0 aliphatic carbocycles. The van der Waals surface area contributed by atoms with Crippen LogP contribution in [0.1, 0.15) is 217 Å². The standard InChI is InChI=1S/C50H88N2O5/c1-18-19-20-21-22-23-24-25-26-27-28-50(42(54)56-37-32-46(8,9)51(16)47(10,11)33-37,43(55)57-38-34-48(12,13)52(17)49(14,15)35-38)31-36-29-39(44(2,3)4)41(53)40(30-36)45(5,6)7/h29-30,37-38,53H,18-28,31-35H2,1-17H3. The lowest BCUT2D eigenvalue weighted by Crippen LogP contribution is -2.61. The third-order valence-electron chi connectivity index (χ3n) is 14.1. The number of hydrogen-bond acceptors (Lipinski definition) is 7.